The standard InChI is InChI=1S/C23H20BrNO4/c1-14-13-29-15(2)21(14)20(26)11-23(28)18-10-17(24)8-9-19(18)25(22(23)27)12-16-6-4-3-5-7-16/h3-10,13,28H,11-12H2,1-2H3. The molecule has 0 saturated heterocycles. The topological polar surface area (TPSA) is 70.7 Å². The second-order valence-corrected chi connectivity index (χ2v) is 8.26. The molecule has 0 fully saturated rings. The van der Waals surface area contributed by atoms with E-state index in [4.69, 9.17) is 4.42 Å². The Balaban J connectivity index is 1.74. The van der Waals surface area contributed by atoms with E-state index in [2.05, 4.69) is 15.9 Å². The van der Waals surface area contributed by atoms with Gasteiger partial charge in [-0.3, -0.25) is 9.59 Å². The fourth-order valence-corrected chi connectivity index (χ4v) is 4.29. The van der Waals surface area contributed by atoms with Crippen molar-refractivity contribution in [2.75, 3.05) is 4.90 Å². The number of anilines is 1. The highest BCUT2D eigenvalue weighted by Gasteiger charge is 2.51. The third-order valence-corrected chi connectivity index (χ3v) is 5.82. The summed E-state index contributed by atoms with van der Waals surface area (Å²) in [6.07, 6.45) is 1.16. The number of rotatable bonds is 5. The van der Waals surface area contributed by atoms with Crippen LogP contribution in [-0.4, -0.2) is 16.8 Å². The van der Waals surface area contributed by atoms with Gasteiger partial charge in [0, 0.05) is 10.0 Å². The number of ketones is 1. The van der Waals surface area contributed by atoms with Crippen molar-refractivity contribution in [1.82, 2.24) is 0 Å². The molecule has 0 spiro atoms. The summed E-state index contributed by atoms with van der Waals surface area (Å²) in [5, 5.41) is 11.5. The number of halogens is 1. The number of hydrogen-bond acceptors (Lipinski definition) is 4. The van der Waals surface area contributed by atoms with E-state index in [-0.39, 0.29) is 12.2 Å². The maximum atomic E-state index is 13.4. The highest BCUT2D eigenvalue weighted by molar-refractivity contribution is 9.10. The van der Waals surface area contributed by atoms with Gasteiger partial charge in [-0.25, -0.2) is 0 Å². The molecular formula is C23H20BrNO4. The summed E-state index contributed by atoms with van der Waals surface area (Å²) in [5.74, 6) is -0.337. The molecule has 0 aliphatic carbocycles. The van der Waals surface area contributed by atoms with Gasteiger partial charge in [-0.05, 0) is 43.2 Å². The average Bonchev–Trinajstić information content (AvgIpc) is 3.13. The molecule has 0 saturated carbocycles. The van der Waals surface area contributed by atoms with Crippen molar-refractivity contribution in [2.24, 2.45) is 0 Å². The van der Waals surface area contributed by atoms with E-state index in [1.165, 1.54) is 6.26 Å². The first kappa shape index (κ1) is 19.6. The minimum Gasteiger partial charge on any atom is -0.469 e. The van der Waals surface area contributed by atoms with E-state index in [0.717, 1.165) is 10.0 Å². The van der Waals surface area contributed by atoms with Gasteiger partial charge in [-0.15, -0.1) is 0 Å². The molecule has 4 rings (SSSR count). The molecule has 148 valence electrons. The van der Waals surface area contributed by atoms with E-state index in [0.29, 0.717) is 34.7 Å². The van der Waals surface area contributed by atoms with E-state index < -0.39 is 11.5 Å². The van der Waals surface area contributed by atoms with Crippen LogP contribution in [0.4, 0.5) is 5.69 Å². The Kier molecular flexibility index (Phi) is 4.92. The zero-order valence-electron chi connectivity index (χ0n) is 16.1. The fourth-order valence-electron chi connectivity index (χ4n) is 3.93. The van der Waals surface area contributed by atoms with Crippen LogP contribution in [0, 0.1) is 13.8 Å². The summed E-state index contributed by atoms with van der Waals surface area (Å²) >= 11 is 3.41. The van der Waals surface area contributed by atoms with Crippen molar-refractivity contribution in [3.8, 4) is 0 Å². The molecule has 1 aliphatic rings. The number of Topliss-reactive ketones (excluding diaryl/α,β-unsaturated/α-hetero) is 1. The summed E-state index contributed by atoms with van der Waals surface area (Å²) in [4.78, 5) is 27.9. The van der Waals surface area contributed by atoms with Gasteiger partial charge in [0.1, 0.15) is 5.76 Å². The normalized spacial score (nSPS) is 18.2. The molecule has 5 nitrogen and oxygen atoms in total. The van der Waals surface area contributed by atoms with Crippen LogP contribution in [0.15, 0.2) is 63.7 Å². The Morgan fingerprint density at radius 2 is 1.90 bits per heavy atom. The lowest BCUT2D eigenvalue weighted by molar-refractivity contribution is -0.136. The molecule has 2 aromatic carbocycles. The van der Waals surface area contributed by atoms with Gasteiger partial charge in [-0.2, -0.15) is 0 Å². The quantitative estimate of drug-likeness (QED) is 0.569. The number of aliphatic hydroxyl groups is 1. The van der Waals surface area contributed by atoms with Crippen LogP contribution >= 0.6 is 15.9 Å². The van der Waals surface area contributed by atoms with Crippen molar-refractivity contribution in [3.63, 3.8) is 0 Å². The van der Waals surface area contributed by atoms with Gasteiger partial charge in [0.05, 0.1) is 30.5 Å². The van der Waals surface area contributed by atoms with Crippen LogP contribution in [0.5, 0.6) is 0 Å². The third-order valence-electron chi connectivity index (χ3n) is 5.33. The van der Waals surface area contributed by atoms with Crippen LogP contribution < -0.4 is 4.90 Å². The minimum absolute atomic E-state index is 0.314. The summed E-state index contributed by atoms with van der Waals surface area (Å²) in [5.41, 5.74) is 1.16. The largest absolute Gasteiger partial charge is 0.469 e. The van der Waals surface area contributed by atoms with Crippen LogP contribution in [0.3, 0.4) is 0 Å². The van der Waals surface area contributed by atoms with E-state index in [9.17, 15) is 14.7 Å². The van der Waals surface area contributed by atoms with E-state index >= 15 is 0 Å². The molecule has 1 aromatic heterocycles. The lowest BCUT2D eigenvalue weighted by Crippen LogP contribution is -2.41. The summed E-state index contributed by atoms with van der Waals surface area (Å²) in [6.45, 7) is 3.79. The lowest BCUT2D eigenvalue weighted by Gasteiger charge is -2.23. The number of carbonyl (C=O) groups excluding carboxylic acids is 2. The molecule has 1 aliphatic heterocycles. The van der Waals surface area contributed by atoms with Gasteiger partial charge in [-0.1, -0.05) is 46.3 Å². The number of nitrogens with zero attached hydrogens (tertiary/aromatic N) is 1. The Bertz CT molecular complexity index is 1090. The fraction of sp³-hybridized carbons (Fsp3) is 0.217. The predicted molar refractivity (Wildman–Crippen MR) is 113 cm³/mol. The maximum Gasteiger partial charge on any atom is 0.264 e. The summed E-state index contributed by atoms with van der Waals surface area (Å²) in [6, 6.07) is 14.9. The van der Waals surface area contributed by atoms with Crippen molar-refractivity contribution < 1.29 is 19.1 Å². The summed E-state index contributed by atoms with van der Waals surface area (Å²) < 4.78 is 6.05. The number of amides is 1. The van der Waals surface area contributed by atoms with E-state index in [1.54, 1.807) is 30.9 Å². The average molecular weight is 454 g/mol. The van der Waals surface area contributed by atoms with Gasteiger partial charge in [0.15, 0.2) is 11.4 Å². The Morgan fingerprint density at radius 1 is 1.17 bits per heavy atom. The molecule has 6 heteroatoms. The highest BCUT2D eigenvalue weighted by atomic mass is 79.9. The third kappa shape index (κ3) is 3.32. The number of fused-ring (bicyclic) bond motifs is 1. The van der Waals surface area contributed by atoms with Crippen LogP contribution in [-0.2, 0) is 16.9 Å². The first-order valence-corrected chi connectivity index (χ1v) is 10.1. The SMILES string of the molecule is Cc1coc(C)c1C(=O)CC1(O)C(=O)N(Cc2ccccc2)c2ccc(Br)cc21. The maximum absolute atomic E-state index is 13.4. The zero-order valence-corrected chi connectivity index (χ0v) is 17.7. The second kappa shape index (κ2) is 7.28. The first-order chi connectivity index (χ1) is 13.8. The van der Waals surface area contributed by atoms with E-state index in [1.807, 2.05) is 36.4 Å². The van der Waals surface area contributed by atoms with Gasteiger partial charge in [0.2, 0.25) is 0 Å². The number of furan rings is 1. The molecule has 1 unspecified atom stereocenters. The van der Waals surface area contributed by atoms with Gasteiger partial charge >= 0.3 is 0 Å². The second-order valence-electron chi connectivity index (χ2n) is 7.35. The van der Waals surface area contributed by atoms with Crippen LogP contribution in [0.25, 0.3) is 0 Å². The highest BCUT2D eigenvalue weighted by Crippen LogP contribution is 2.45. The van der Waals surface area contributed by atoms with Crippen molar-refractivity contribution in [1.29, 1.82) is 0 Å². The van der Waals surface area contributed by atoms with Gasteiger partial charge < -0.3 is 14.4 Å². The molecule has 1 atom stereocenters. The predicted octanol–water partition coefficient (Wildman–Crippen LogP) is 4.67. The molecule has 2 heterocycles. The lowest BCUT2D eigenvalue weighted by atomic mass is 9.87. The molecule has 1 amide bonds. The first-order valence-electron chi connectivity index (χ1n) is 9.27. The Hall–Kier alpha value is -2.70. The molecule has 1 N–H and O–H groups in total. The van der Waals surface area contributed by atoms with Crippen LogP contribution in [0.1, 0.15) is 39.2 Å². The van der Waals surface area contributed by atoms with Crippen molar-refractivity contribution in [2.45, 2.75) is 32.4 Å². The van der Waals surface area contributed by atoms with Crippen molar-refractivity contribution in [3.05, 3.63) is 87.3 Å². The van der Waals surface area contributed by atoms with Gasteiger partial charge in [0.25, 0.3) is 5.91 Å². The minimum atomic E-state index is -1.93. The monoisotopic (exact) mass is 453 g/mol. The molecular weight excluding hydrogens is 434 g/mol. The summed E-state index contributed by atoms with van der Waals surface area (Å²) in [7, 11) is 0. The Labute approximate surface area is 177 Å². The Morgan fingerprint density at radius 3 is 2.55 bits per heavy atom. The zero-order chi connectivity index (χ0) is 20.8. The number of benzene rings is 2. The van der Waals surface area contributed by atoms with Crippen molar-refractivity contribution >= 4 is 33.3 Å². The van der Waals surface area contributed by atoms with Crippen LogP contribution in [0.2, 0.25) is 0 Å². The number of carbonyl (C=O) groups is 2. The molecule has 0 bridgehead atoms. The smallest absolute Gasteiger partial charge is 0.264 e. The molecule has 3 aromatic rings. The molecule has 29 heavy (non-hydrogen) atoms. The number of aryl methyl sites for hydroxylation is 2. The molecule has 0 radical (unpaired) electrons. The number of hydrogen-bond donors (Lipinski definition) is 1.